The Morgan fingerprint density at radius 3 is 2.25 bits per heavy atom. The molecule has 19 heteroatoms. The Morgan fingerprint density at radius 1 is 1.07 bits per heavy atom. The van der Waals surface area contributed by atoms with Crippen LogP contribution in [0.15, 0.2) is 59.5 Å². The Bertz CT molecular complexity index is 1930. The highest BCUT2D eigenvalue weighted by molar-refractivity contribution is 6.32. The number of nitrogens with zero attached hydrogens (tertiary/aromatic N) is 1. The van der Waals surface area contributed by atoms with Crippen LogP contribution < -0.4 is 31.3 Å². The quantitative estimate of drug-likeness (QED) is 0.111. The molecule has 0 spiro atoms. The number of carbonyl (C=O) groups is 7. The Balaban J connectivity index is 2.16. The summed E-state index contributed by atoms with van der Waals surface area (Å²) in [6.45, 7) is 12.6. The molecule has 3 rings (SSSR count). The van der Waals surface area contributed by atoms with Crippen LogP contribution in [-0.4, -0.2) is 110 Å². The maximum atomic E-state index is 14.9. The van der Waals surface area contributed by atoms with Crippen molar-refractivity contribution < 1.29 is 58.7 Å². The van der Waals surface area contributed by atoms with Gasteiger partial charge in [-0.05, 0) is 76.4 Å². The minimum atomic E-state index is -1.87. The molecule has 9 N–H and O–H groups in total. The van der Waals surface area contributed by atoms with Crippen molar-refractivity contribution in [1.82, 2.24) is 31.5 Å². The molecule has 56 heavy (non-hydrogen) atoms. The van der Waals surface area contributed by atoms with Crippen molar-refractivity contribution in [2.24, 2.45) is 0 Å². The van der Waals surface area contributed by atoms with E-state index in [-0.39, 0.29) is 52.9 Å². The second-order valence-corrected chi connectivity index (χ2v) is 14.1. The third-order valence-corrected chi connectivity index (χ3v) is 10.0. The van der Waals surface area contributed by atoms with Gasteiger partial charge in [0.1, 0.15) is 46.8 Å². The zero-order chi connectivity index (χ0) is 42.4. The van der Waals surface area contributed by atoms with Gasteiger partial charge in [0.15, 0.2) is 11.5 Å². The van der Waals surface area contributed by atoms with Crippen LogP contribution in [0.5, 0.6) is 11.5 Å². The molecule has 2 bridgehead atoms. The number of aromatic hydroxyl groups is 1. The maximum Gasteiger partial charge on any atom is 0.352 e. The number of carboxylic acid groups (broad SMARTS) is 2. The van der Waals surface area contributed by atoms with Gasteiger partial charge in [0.2, 0.25) is 11.8 Å². The van der Waals surface area contributed by atoms with Crippen LogP contribution in [0.3, 0.4) is 0 Å². The topological polar surface area (TPSA) is 273 Å². The number of aliphatic carboxylic acids is 2. The van der Waals surface area contributed by atoms with Crippen LogP contribution >= 0.6 is 11.6 Å². The van der Waals surface area contributed by atoms with Crippen molar-refractivity contribution in [2.75, 3.05) is 13.6 Å². The number of likely N-dealkylation sites (N-methyl/N-ethyl adjacent to an activating group) is 1. The summed E-state index contributed by atoms with van der Waals surface area (Å²) < 4.78 is 6.32. The zero-order valence-electron chi connectivity index (χ0n) is 31.9. The molecule has 2 heterocycles. The number of rotatable bonds is 11. The van der Waals surface area contributed by atoms with Crippen LogP contribution in [-0.2, 0) is 33.6 Å². The summed E-state index contributed by atoms with van der Waals surface area (Å²) in [5, 5.41) is 52.8. The molecule has 0 saturated carbocycles. The van der Waals surface area contributed by atoms with Gasteiger partial charge < -0.3 is 56.6 Å². The number of aliphatic hydroxyl groups excluding tert-OH is 1. The Kier molecular flexibility index (Phi) is 14.2. The molecule has 0 fully saturated rings. The van der Waals surface area contributed by atoms with Crippen LogP contribution in [0.1, 0.15) is 66.1 Å². The number of hydrogen-bond acceptors (Lipinski definition) is 11. The number of aliphatic hydroxyl groups is 1. The number of ether oxygens (including phenoxy) is 1. The van der Waals surface area contributed by atoms with Gasteiger partial charge in [0.05, 0.1) is 11.1 Å². The first-order chi connectivity index (χ1) is 26.1. The predicted octanol–water partition coefficient (Wildman–Crippen LogP) is 0.900. The summed E-state index contributed by atoms with van der Waals surface area (Å²) in [6, 6.07) is -1.99. The van der Waals surface area contributed by atoms with Crippen LogP contribution in [0.4, 0.5) is 0 Å². The second-order valence-electron chi connectivity index (χ2n) is 13.7. The summed E-state index contributed by atoms with van der Waals surface area (Å²) in [4.78, 5) is 93.7. The minimum absolute atomic E-state index is 0.0283. The molecule has 2 aliphatic heterocycles. The summed E-state index contributed by atoms with van der Waals surface area (Å²) >= 11 is 6.35. The molecule has 1 aromatic carbocycles. The number of fused-ring (bicyclic) bond motifs is 2. The first kappa shape index (κ1) is 44.7. The standard InChI is InChI=1S/C37H47ClN6O12/c1-9-18(5)25(31(50)40-21(34(53)54)16-23(45)46)42-35(55)36(6)12-11-13-44(36)33(52)29-37(7,10-2)56-22-15-19(14-20(38)28(22)48)27(47)26(39-8)32(51)41-24(17(3)4)30(49)43-29/h11-12,14-16,24,26-27,29,39,47-48H,3,9-10,13H2,1-2,4-8H3,(H,40,50)(H,41,51)(H,42,55)(H,43,49)(H,45,46)(H,53,54)/b21-16+,25-18+/t24-,26-,27-,29+,36-,37+/m0/s1. The van der Waals surface area contributed by atoms with E-state index in [1.807, 2.05) is 5.32 Å². The predicted molar refractivity (Wildman–Crippen MR) is 201 cm³/mol. The largest absolute Gasteiger partial charge is 0.503 e. The first-order valence-corrected chi connectivity index (χ1v) is 17.8. The number of halogens is 1. The summed E-state index contributed by atoms with van der Waals surface area (Å²) in [6.07, 6.45) is 1.72. The van der Waals surface area contributed by atoms with E-state index in [4.69, 9.17) is 21.4 Å². The highest BCUT2D eigenvalue weighted by Gasteiger charge is 2.51. The van der Waals surface area contributed by atoms with Crippen LogP contribution in [0, 0.1) is 0 Å². The Labute approximate surface area is 327 Å². The van der Waals surface area contributed by atoms with Gasteiger partial charge in [0.25, 0.3) is 17.7 Å². The number of carbonyl (C=O) groups excluding carboxylic acids is 5. The van der Waals surface area contributed by atoms with Crippen molar-refractivity contribution >= 4 is 53.1 Å². The van der Waals surface area contributed by atoms with E-state index >= 15 is 0 Å². The smallest absolute Gasteiger partial charge is 0.352 e. The molecule has 304 valence electrons. The summed E-state index contributed by atoms with van der Waals surface area (Å²) in [5.41, 5.74) is -4.54. The molecule has 0 unspecified atom stereocenters. The van der Waals surface area contributed by atoms with Crippen LogP contribution in [0.2, 0.25) is 5.02 Å². The van der Waals surface area contributed by atoms with E-state index in [2.05, 4.69) is 27.8 Å². The summed E-state index contributed by atoms with van der Waals surface area (Å²) in [7, 11) is 1.40. The molecule has 1 aromatic rings. The molecule has 5 amide bonds. The van der Waals surface area contributed by atoms with E-state index in [1.54, 1.807) is 13.8 Å². The van der Waals surface area contributed by atoms with E-state index in [0.717, 1.165) is 4.90 Å². The molecule has 18 nitrogen and oxygen atoms in total. The number of amides is 5. The fourth-order valence-corrected chi connectivity index (χ4v) is 6.19. The SMILES string of the molecule is C=C(C)[C@@H]1NC(=O)[C@@H](NC)[C@@H](O)c2cc(Cl)c(O)c(c2)O[C@](C)(CC)[C@@H](C(=O)N2CC=C[C@@]2(C)C(=O)N/C(C(=O)N/C(=C/C(=O)O)C(=O)O)=C(\C)CC)NC1=O. The Morgan fingerprint density at radius 2 is 1.71 bits per heavy atom. The number of phenols is 1. The number of carboxylic acids is 2. The highest BCUT2D eigenvalue weighted by Crippen LogP contribution is 2.41. The molecule has 0 aromatic heterocycles. The van der Waals surface area contributed by atoms with Crippen molar-refractivity contribution in [3.63, 3.8) is 0 Å². The van der Waals surface area contributed by atoms with Gasteiger partial charge in [-0.3, -0.25) is 24.0 Å². The lowest BCUT2D eigenvalue weighted by molar-refractivity contribution is -0.150. The average Bonchev–Trinajstić information content (AvgIpc) is 3.54. The van der Waals surface area contributed by atoms with Crippen molar-refractivity contribution in [3.8, 4) is 11.5 Å². The highest BCUT2D eigenvalue weighted by atomic mass is 35.5. The maximum absolute atomic E-state index is 14.9. The van der Waals surface area contributed by atoms with Gasteiger partial charge in [-0.2, -0.15) is 0 Å². The molecule has 0 aliphatic carbocycles. The number of hydrogen-bond donors (Lipinski definition) is 9. The van der Waals surface area contributed by atoms with Gasteiger partial charge in [0, 0.05) is 6.54 Å². The second kappa shape index (κ2) is 17.8. The van der Waals surface area contributed by atoms with E-state index in [0.29, 0.717) is 0 Å². The van der Waals surface area contributed by atoms with E-state index in [1.165, 1.54) is 59.0 Å². The van der Waals surface area contributed by atoms with Crippen molar-refractivity contribution in [3.05, 3.63) is 70.1 Å². The van der Waals surface area contributed by atoms with Crippen LogP contribution in [0.25, 0.3) is 0 Å². The zero-order valence-corrected chi connectivity index (χ0v) is 32.7. The van der Waals surface area contributed by atoms with Gasteiger partial charge >= 0.3 is 11.9 Å². The van der Waals surface area contributed by atoms with Gasteiger partial charge in [-0.15, -0.1) is 0 Å². The summed E-state index contributed by atoms with van der Waals surface area (Å²) in [5.74, 6) is -8.99. The lowest BCUT2D eigenvalue weighted by atomic mass is 9.89. The normalized spacial score (nSPS) is 25.9. The lowest BCUT2D eigenvalue weighted by Crippen LogP contribution is -2.67. The first-order valence-electron chi connectivity index (χ1n) is 17.4. The molecular weight excluding hydrogens is 756 g/mol. The van der Waals surface area contributed by atoms with Gasteiger partial charge in [-0.1, -0.05) is 44.2 Å². The Hall–Kier alpha value is -5.72. The molecule has 0 radical (unpaired) electrons. The molecule has 0 saturated heterocycles. The van der Waals surface area contributed by atoms with Crippen molar-refractivity contribution in [1.29, 1.82) is 0 Å². The molecule has 2 aliphatic rings. The number of phenolic OH excluding ortho intramolecular Hbond substituents is 1. The van der Waals surface area contributed by atoms with E-state index in [9.17, 15) is 48.9 Å². The third-order valence-electron chi connectivity index (χ3n) is 9.72. The molecule has 6 atom stereocenters. The minimum Gasteiger partial charge on any atom is -0.503 e. The number of benzene rings is 1. The number of allylic oxidation sites excluding steroid dienone is 1. The lowest BCUT2D eigenvalue weighted by Gasteiger charge is -2.42. The third kappa shape index (κ3) is 9.38. The fourth-order valence-electron chi connectivity index (χ4n) is 5.97. The fraction of sp³-hybridized carbons (Fsp3) is 0.432. The van der Waals surface area contributed by atoms with Gasteiger partial charge in [-0.25, -0.2) is 9.59 Å². The molecular formula is C37H47ClN6O12. The average molecular weight is 803 g/mol. The number of nitrogens with one attached hydrogen (secondary N) is 5. The van der Waals surface area contributed by atoms with E-state index < -0.39 is 94.0 Å². The monoisotopic (exact) mass is 802 g/mol. The van der Waals surface area contributed by atoms with Crippen molar-refractivity contribution in [2.45, 2.75) is 89.8 Å².